The van der Waals surface area contributed by atoms with Crippen LogP contribution in [0.4, 0.5) is 0 Å². The van der Waals surface area contributed by atoms with Gasteiger partial charge in [0.05, 0.1) is 11.6 Å². The molecule has 0 aliphatic rings. The van der Waals surface area contributed by atoms with Gasteiger partial charge in [-0.25, -0.2) is 0 Å². The van der Waals surface area contributed by atoms with Gasteiger partial charge in [0.15, 0.2) is 0 Å². The number of rotatable bonds is 8. The molecule has 0 radical (unpaired) electrons. The monoisotopic (exact) mass is 289 g/mol. The van der Waals surface area contributed by atoms with E-state index in [0.29, 0.717) is 16.7 Å². The molecule has 0 aromatic heterocycles. The highest BCUT2D eigenvalue weighted by atomic mass is 35.5. The normalized spacial score (nSPS) is 10.7. The molecule has 0 aliphatic carbocycles. The second kappa shape index (κ2) is 8.63. The first-order chi connectivity index (χ1) is 8.69. The van der Waals surface area contributed by atoms with Crippen molar-refractivity contribution >= 4 is 23.2 Å². The molecule has 2 nitrogen and oxygen atoms in total. The summed E-state index contributed by atoms with van der Waals surface area (Å²) in [4.78, 5) is 0. The summed E-state index contributed by atoms with van der Waals surface area (Å²) in [5.74, 6) is 0.756. The Morgan fingerprint density at radius 2 is 1.94 bits per heavy atom. The Kier molecular flexibility index (Phi) is 7.48. The van der Waals surface area contributed by atoms with Gasteiger partial charge in [0, 0.05) is 17.1 Å². The van der Waals surface area contributed by atoms with Crippen molar-refractivity contribution < 1.29 is 4.74 Å². The van der Waals surface area contributed by atoms with Crippen LogP contribution in [0, 0.1) is 0 Å². The molecule has 0 unspecified atom stereocenters. The molecule has 0 heterocycles. The number of nitrogens with one attached hydrogen (secondary N) is 1. The molecule has 4 heteroatoms. The molecule has 102 valence electrons. The molecule has 18 heavy (non-hydrogen) atoms. The van der Waals surface area contributed by atoms with Crippen LogP contribution in [0.5, 0.6) is 5.75 Å². The summed E-state index contributed by atoms with van der Waals surface area (Å²) < 4.78 is 5.70. The zero-order valence-electron chi connectivity index (χ0n) is 11.1. The lowest BCUT2D eigenvalue weighted by molar-refractivity contribution is 0.313. The van der Waals surface area contributed by atoms with Crippen LogP contribution >= 0.6 is 23.2 Å². The van der Waals surface area contributed by atoms with E-state index < -0.39 is 0 Å². The number of hydrogen-bond donors (Lipinski definition) is 1. The minimum Gasteiger partial charge on any atom is -0.492 e. The number of unbranched alkanes of at least 4 members (excludes halogenated alkanes) is 1. The Bertz CT molecular complexity index is 369. The highest BCUT2D eigenvalue weighted by Gasteiger charge is 2.10. The Labute approximate surface area is 120 Å². The third kappa shape index (κ3) is 5.05. The highest BCUT2D eigenvalue weighted by Crippen LogP contribution is 2.32. The van der Waals surface area contributed by atoms with Crippen LogP contribution in [0.2, 0.25) is 10.0 Å². The van der Waals surface area contributed by atoms with Gasteiger partial charge in [-0.1, -0.05) is 43.5 Å². The zero-order chi connectivity index (χ0) is 13.4. The zero-order valence-corrected chi connectivity index (χ0v) is 12.6. The van der Waals surface area contributed by atoms with E-state index in [0.717, 1.165) is 30.8 Å². The van der Waals surface area contributed by atoms with Crippen LogP contribution in [-0.4, -0.2) is 13.2 Å². The van der Waals surface area contributed by atoms with Crippen molar-refractivity contribution in [2.75, 3.05) is 13.2 Å². The SMILES string of the molecule is CCCCNCc1cc(Cl)cc(Cl)c1OCCC. The lowest BCUT2D eigenvalue weighted by Crippen LogP contribution is -2.15. The molecule has 0 spiro atoms. The topological polar surface area (TPSA) is 21.3 Å². The van der Waals surface area contributed by atoms with Crippen LogP contribution < -0.4 is 10.1 Å². The Morgan fingerprint density at radius 3 is 2.61 bits per heavy atom. The fraction of sp³-hybridized carbons (Fsp3) is 0.571. The van der Waals surface area contributed by atoms with Crippen LogP contribution in [0.25, 0.3) is 0 Å². The number of benzene rings is 1. The molecule has 0 aliphatic heterocycles. The molecule has 1 N–H and O–H groups in total. The summed E-state index contributed by atoms with van der Waals surface area (Å²) in [6, 6.07) is 3.64. The summed E-state index contributed by atoms with van der Waals surface area (Å²) in [7, 11) is 0. The summed E-state index contributed by atoms with van der Waals surface area (Å²) in [5, 5.41) is 4.61. The van der Waals surface area contributed by atoms with Crippen molar-refractivity contribution in [1.82, 2.24) is 5.32 Å². The molecule has 0 amide bonds. The Balaban J connectivity index is 2.72. The smallest absolute Gasteiger partial charge is 0.142 e. The van der Waals surface area contributed by atoms with E-state index in [4.69, 9.17) is 27.9 Å². The standard InChI is InChI=1S/C14H21Cl2NO/c1-3-5-6-17-10-11-8-12(15)9-13(16)14(11)18-7-4-2/h8-9,17H,3-7,10H2,1-2H3. The number of ether oxygens (including phenoxy) is 1. The molecule has 1 rings (SSSR count). The van der Waals surface area contributed by atoms with E-state index in [1.165, 1.54) is 12.8 Å². The lowest BCUT2D eigenvalue weighted by Gasteiger charge is -2.14. The van der Waals surface area contributed by atoms with E-state index in [9.17, 15) is 0 Å². The first kappa shape index (κ1) is 15.6. The van der Waals surface area contributed by atoms with Gasteiger partial charge in [0.25, 0.3) is 0 Å². The maximum atomic E-state index is 6.17. The minimum atomic E-state index is 0.586. The quantitative estimate of drug-likeness (QED) is 0.702. The molecule has 0 fully saturated rings. The van der Waals surface area contributed by atoms with Crippen LogP contribution in [0.3, 0.4) is 0 Å². The highest BCUT2D eigenvalue weighted by molar-refractivity contribution is 6.35. The van der Waals surface area contributed by atoms with Gasteiger partial charge in [-0.3, -0.25) is 0 Å². The van der Waals surface area contributed by atoms with Gasteiger partial charge in [-0.05, 0) is 31.5 Å². The summed E-state index contributed by atoms with van der Waals surface area (Å²) >= 11 is 12.2. The van der Waals surface area contributed by atoms with Crippen molar-refractivity contribution in [3.8, 4) is 5.75 Å². The lowest BCUT2D eigenvalue weighted by atomic mass is 10.2. The maximum absolute atomic E-state index is 6.17. The molecular weight excluding hydrogens is 269 g/mol. The molecular formula is C14H21Cl2NO. The van der Waals surface area contributed by atoms with Gasteiger partial charge in [0.2, 0.25) is 0 Å². The van der Waals surface area contributed by atoms with Crippen molar-refractivity contribution in [3.63, 3.8) is 0 Å². The second-order valence-electron chi connectivity index (χ2n) is 4.25. The van der Waals surface area contributed by atoms with Gasteiger partial charge in [-0.2, -0.15) is 0 Å². The third-order valence-electron chi connectivity index (χ3n) is 2.56. The number of hydrogen-bond acceptors (Lipinski definition) is 2. The maximum Gasteiger partial charge on any atom is 0.142 e. The molecule has 1 aromatic carbocycles. The van der Waals surface area contributed by atoms with Crippen LogP contribution in [-0.2, 0) is 6.54 Å². The third-order valence-corrected chi connectivity index (χ3v) is 3.06. The molecule has 0 saturated carbocycles. The second-order valence-corrected chi connectivity index (χ2v) is 5.10. The van der Waals surface area contributed by atoms with Crippen LogP contribution in [0.1, 0.15) is 38.7 Å². The predicted molar refractivity (Wildman–Crippen MR) is 78.9 cm³/mol. The molecule has 0 bridgehead atoms. The minimum absolute atomic E-state index is 0.586. The first-order valence-corrected chi connectivity index (χ1v) is 7.26. The summed E-state index contributed by atoms with van der Waals surface area (Å²) in [6.45, 7) is 6.65. The summed E-state index contributed by atoms with van der Waals surface area (Å²) in [6.07, 6.45) is 3.31. The fourth-order valence-electron chi connectivity index (χ4n) is 1.64. The molecule has 0 saturated heterocycles. The average Bonchev–Trinajstić information content (AvgIpc) is 2.33. The number of halogens is 2. The van der Waals surface area contributed by atoms with Gasteiger partial charge < -0.3 is 10.1 Å². The van der Waals surface area contributed by atoms with Gasteiger partial charge in [0.1, 0.15) is 5.75 Å². The van der Waals surface area contributed by atoms with E-state index >= 15 is 0 Å². The predicted octanol–water partition coefficient (Wildman–Crippen LogP) is 4.67. The van der Waals surface area contributed by atoms with Crippen molar-refractivity contribution in [2.24, 2.45) is 0 Å². The molecule has 0 atom stereocenters. The van der Waals surface area contributed by atoms with Gasteiger partial charge >= 0.3 is 0 Å². The van der Waals surface area contributed by atoms with E-state index in [-0.39, 0.29) is 0 Å². The van der Waals surface area contributed by atoms with Crippen molar-refractivity contribution in [1.29, 1.82) is 0 Å². The first-order valence-electron chi connectivity index (χ1n) is 6.50. The average molecular weight is 290 g/mol. The van der Waals surface area contributed by atoms with Gasteiger partial charge in [-0.15, -0.1) is 0 Å². The molecule has 1 aromatic rings. The Hall–Kier alpha value is -0.440. The van der Waals surface area contributed by atoms with Crippen molar-refractivity contribution in [3.05, 3.63) is 27.7 Å². The van der Waals surface area contributed by atoms with Crippen molar-refractivity contribution in [2.45, 2.75) is 39.7 Å². The summed E-state index contributed by atoms with van der Waals surface area (Å²) in [5.41, 5.74) is 1.03. The largest absolute Gasteiger partial charge is 0.492 e. The van der Waals surface area contributed by atoms with E-state index in [2.05, 4.69) is 19.2 Å². The van der Waals surface area contributed by atoms with E-state index in [1.807, 2.05) is 6.07 Å². The Morgan fingerprint density at radius 1 is 1.17 bits per heavy atom. The van der Waals surface area contributed by atoms with E-state index in [1.54, 1.807) is 6.07 Å². The van der Waals surface area contributed by atoms with Crippen LogP contribution in [0.15, 0.2) is 12.1 Å². The fourth-order valence-corrected chi connectivity index (χ4v) is 2.23.